The molecule has 0 aliphatic carbocycles. The Hall–Kier alpha value is -1.71. The minimum atomic E-state index is -0.234. The third-order valence-corrected chi connectivity index (χ3v) is 4.18. The Morgan fingerprint density at radius 2 is 1.72 bits per heavy atom. The lowest BCUT2D eigenvalue weighted by Gasteiger charge is -2.09. The van der Waals surface area contributed by atoms with E-state index < -0.39 is 0 Å². The average Bonchev–Trinajstić information content (AvgIpc) is 2.82. The van der Waals surface area contributed by atoms with Crippen molar-refractivity contribution in [3.63, 3.8) is 0 Å². The Morgan fingerprint density at radius 1 is 1.00 bits per heavy atom. The zero-order chi connectivity index (χ0) is 12.5. The maximum atomic E-state index is 12.9. The molecule has 0 spiro atoms. The van der Waals surface area contributed by atoms with Gasteiger partial charge >= 0.3 is 0 Å². The predicted octanol–water partition coefficient (Wildman–Crippen LogP) is 4.09. The first kappa shape index (κ1) is 11.4. The van der Waals surface area contributed by atoms with Crippen LogP contribution in [0.5, 0.6) is 0 Å². The molecule has 0 aliphatic heterocycles. The number of halogens is 1. The first-order valence-electron chi connectivity index (χ1n) is 5.73. The van der Waals surface area contributed by atoms with Crippen molar-refractivity contribution in [2.24, 2.45) is 5.73 Å². The molecule has 2 N–H and O–H groups in total. The molecule has 0 saturated heterocycles. The van der Waals surface area contributed by atoms with Crippen LogP contribution in [0.4, 0.5) is 4.39 Å². The normalized spacial score (nSPS) is 12.8. The summed E-state index contributed by atoms with van der Waals surface area (Å²) in [4.78, 5) is 1.10. The molecule has 1 nitrogen and oxygen atoms in total. The maximum absolute atomic E-state index is 12.9. The summed E-state index contributed by atoms with van der Waals surface area (Å²) in [5.74, 6) is -0.234. The number of thiophene rings is 1. The molecule has 0 amide bonds. The van der Waals surface area contributed by atoms with Gasteiger partial charge in [-0.05, 0) is 35.2 Å². The molecule has 1 unspecified atom stereocenters. The fourth-order valence-electron chi connectivity index (χ4n) is 1.99. The molecule has 3 heteroatoms. The lowest BCUT2D eigenvalue weighted by Crippen LogP contribution is -2.09. The van der Waals surface area contributed by atoms with Crippen LogP contribution in [0.15, 0.2) is 54.6 Å². The number of hydrogen-bond donors (Lipinski definition) is 1. The average molecular weight is 257 g/mol. The van der Waals surface area contributed by atoms with Gasteiger partial charge in [0.2, 0.25) is 0 Å². The Kier molecular flexibility index (Phi) is 2.86. The molecule has 1 heterocycles. The highest BCUT2D eigenvalue weighted by Crippen LogP contribution is 2.31. The molecule has 1 aromatic heterocycles. The Labute approximate surface area is 109 Å². The van der Waals surface area contributed by atoms with Crippen molar-refractivity contribution in [1.29, 1.82) is 0 Å². The lowest BCUT2D eigenvalue weighted by molar-refractivity contribution is 0.626. The summed E-state index contributed by atoms with van der Waals surface area (Å²) in [5, 5.41) is 1.20. The third kappa shape index (κ3) is 2.03. The van der Waals surface area contributed by atoms with E-state index in [-0.39, 0.29) is 11.9 Å². The molecule has 2 aromatic carbocycles. The van der Waals surface area contributed by atoms with Crippen LogP contribution >= 0.6 is 11.3 Å². The van der Waals surface area contributed by atoms with E-state index in [9.17, 15) is 4.39 Å². The monoisotopic (exact) mass is 257 g/mol. The summed E-state index contributed by atoms with van der Waals surface area (Å²) in [5.41, 5.74) is 7.15. The van der Waals surface area contributed by atoms with Crippen LogP contribution < -0.4 is 5.73 Å². The van der Waals surface area contributed by atoms with Crippen molar-refractivity contribution in [3.05, 3.63) is 70.9 Å². The zero-order valence-electron chi connectivity index (χ0n) is 9.64. The minimum Gasteiger partial charge on any atom is -0.320 e. The van der Waals surface area contributed by atoms with Crippen LogP contribution in [-0.4, -0.2) is 0 Å². The SMILES string of the molecule is NC(c1ccc(F)cc1)c1cc2ccccc2s1. The molecule has 0 bridgehead atoms. The lowest BCUT2D eigenvalue weighted by atomic mass is 10.1. The molecule has 0 aliphatic rings. The summed E-state index contributed by atoms with van der Waals surface area (Å²) < 4.78 is 14.1. The van der Waals surface area contributed by atoms with Crippen LogP contribution in [-0.2, 0) is 0 Å². The molecule has 3 rings (SSSR count). The zero-order valence-corrected chi connectivity index (χ0v) is 10.5. The minimum absolute atomic E-state index is 0.192. The van der Waals surface area contributed by atoms with Crippen molar-refractivity contribution in [1.82, 2.24) is 0 Å². The second-order valence-corrected chi connectivity index (χ2v) is 5.33. The van der Waals surface area contributed by atoms with Crippen molar-refractivity contribution in [2.75, 3.05) is 0 Å². The van der Waals surface area contributed by atoms with E-state index in [2.05, 4.69) is 18.2 Å². The smallest absolute Gasteiger partial charge is 0.123 e. The Bertz CT molecular complexity index is 639. The molecule has 0 fully saturated rings. The molecule has 3 aromatic rings. The second kappa shape index (κ2) is 4.52. The van der Waals surface area contributed by atoms with Crippen LogP contribution in [0.3, 0.4) is 0 Å². The van der Waals surface area contributed by atoms with Crippen molar-refractivity contribution >= 4 is 21.4 Å². The van der Waals surface area contributed by atoms with Gasteiger partial charge in [-0.25, -0.2) is 4.39 Å². The Morgan fingerprint density at radius 3 is 2.44 bits per heavy atom. The van der Waals surface area contributed by atoms with Gasteiger partial charge in [0.05, 0.1) is 6.04 Å². The standard InChI is InChI=1S/C15H12FNS/c16-12-7-5-10(6-8-12)15(17)14-9-11-3-1-2-4-13(11)18-14/h1-9,15H,17H2. The van der Waals surface area contributed by atoms with E-state index in [0.717, 1.165) is 10.4 Å². The van der Waals surface area contributed by atoms with Crippen LogP contribution in [0, 0.1) is 5.82 Å². The van der Waals surface area contributed by atoms with Crippen molar-refractivity contribution in [3.8, 4) is 0 Å². The molecule has 0 radical (unpaired) electrons. The molecule has 18 heavy (non-hydrogen) atoms. The number of nitrogens with two attached hydrogens (primary N) is 1. The summed E-state index contributed by atoms with van der Waals surface area (Å²) in [6.45, 7) is 0. The highest BCUT2D eigenvalue weighted by atomic mass is 32.1. The molecular weight excluding hydrogens is 245 g/mol. The van der Waals surface area contributed by atoms with Crippen molar-refractivity contribution in [2.45, 2.75) is 6.04 Å². The van der Waals surface area contributed by atoms with Crippen molar-refractivity contribution < 1.29 is 4.39 Å². The first-order valence-corrected chi connectivity index (χ1v) is 6.55. The molecule has 0 saturated carbocycles. The highest BCUT2D eigenvalue weighted by molar-refractivity contribution is 7.19. The topological polar surface area (TPSA) is 26.0 Å². The van der Waals surface area contributed by atoms with E-state index in [1.165, 1.54) is 22.2 Å². The van der Waals surface area contributed by atoms with Gasteiger partial charge in [0.1, 0.15) is 5.82 Å². The van der Waals surface area contributed by atoms with Gasteiger partial charge in [-0.1, -0.05) is 30.3 Å². The predicted molar refractivity (Wildman–Crippen MR) is 74.3 cm³/mol. The number of fused-ring (bicyclic) bond motifs is 1. The van der Waals surface area contributed by atoms with Gasteiger partial charge in [-0.3, -0.25) is 0 Å². The fraction of sp³-hybridized carbons (Fsp3) is 0.0667. The van der Waals surface area contributed by atoms with Crippen LogP contribution in [0.1, 0.15) is 16.5 Å². The second-order valence-electron chi connectivity index (χ2n) is 4.22. The third-order valence-electron chi connectivity index (χ3n) is 2.98. The quantitative estimate of drug-likeness (QED) is 0.735. The van der Waals surface area contributed by atoms with Gasteiger partial charge in [-0.15, -0.1) is 11.3 Å². The van der Waals surface area contributed by atoms with E-state index in [4.69, 9.17) is 5.73 Å². The highest BCUT2D eigenvalue weighted by Gasteiger charge is 2.12. The number of benzene rings is 2. The summed E-state index contributed by atoms with van der Waals surface area (Å²) in [6, 6.07) is 16.5. The van der Waals surface area contributed by atoms with Gasteiger partial charge in [-0.2, -0.15) is 0 Å². The van der Waals surface area contributed by atoms with E-state index in [1.807, 2.05) is 12.1 Å². The summed E-state index contributed by atoms with van der Waals surface area (Å²) >= 11 is 1.69. The van der Waals surface area contributed by atoms with E-state index >= 15 is 0 Å². The largest absolute Gasteiger partial charge is 0.320 e. The summed E-state index contributed by atoms with van der Waals surface area (Å²) in [6.07, 6.45) is 0. The Balaban J connectivity index is 2.00. The van der Waals surface area contributed by atoms with Gasteiger partial charge in [0, 0.05) is 9.58 Å². The summed E-state index contributed by atoms with van der Waals surface area (Å²) in [7, 11) is 0. The number of hydrogen-bond acceptors (Lipinski definition) is 2. The first-order chi connectivity index (χ1) is 8.74. The van der Waals surface area contributed by atoms with Gasteiger partial charge in [0.25, 0.3) is 0 Å². The molecule has 90 valence electrons. The van der Waals surface area contributed by atoms with Gasteiger partial charge in [0.15, 0.2) is 0 Å². The maximum Gasteiger partial charge on any atom is 0.123 e. The molecule has 1 atom stereocenters. The van der Waals surface area contributed by atoms with E-state index in [0.29, 0.717) is 0 Å². The fourth-order valence-corrected chi connectivity index (χ4v) is 3.08. The molecular formula is C15H12FNS. The van der Waals surface area contributed by atoms with Crippen LogP contribution in [0.2, 0.25) is 0 Å². The van der Waals surface area contributed by atoms with Crippen LogP contribution in [0.25, 0.3) is 10.1 Å². The number of rotatable bonds is 2. The van der Waals surface area contributed by atoms with E-state index in [1.54, 1.807) is 23.5 Å². The van der Waals surface area contributed by atoms with Gasteiger partial charge < -0.3 is 5.73 Å².